The van der Waals surface area contributed by atoms with Crippen LogP contribution in [0, 0.1) is 0 Å². The van der Waals surface area contributed by atoms with E-state index in [4.69, 9.17) is 16.6 Å². The van der Waals surface area contributed by atoms with Gasteiger partial charge in [-0.1, -0.05) is 41.1 Å². The Bertz CT molecular complexity index is 1130. The number of carbonyl (C=O) groups is 1. The smallest absolute Gasteiger partial charge is 0.260 e. The predicted octanol–water partition coefficient (Wildman–Crippen LogP) is 5.91. The molecule has 0 radical (unpaired) electrons. The lowest BCUT2D eigenvalue weighted by atomic mass is 10.2. The summed E-state index contributed by atoms with van der Waals surface area (Å²) in [6.07, 6.45) is 5.51. The highest BCUT2D eigenvalue weighted by Gasteiger charge is 2.22. The Morgan fingerprint density at radius 1 is 1.18 bits per heavy atom. The van der Waals surface area contributed by atoms with Gasteiger partial charge in [-0.15, -0.1) is 11.8 Å². The molecule has 0 bridgehead atoms. The summed E-state index contributed by atoms with van der Waals surface area (Å²) in [5, 5.41) is 1.19. The van der Waals surface area contributed by atoms with Gasteiger partial charge in [-0.25, -0.2) is 4.98 Å². The van der Waals surface area contributed by atoms with E-state index in [2.05, 4.69) is 4.98 Å². The normalized spacial score (nSPS) is 10.9. The summed E-state index contributed by atoms with van der Waals surface area (Å²) in [6, 6.07) is 16.9. The number of para-hydroxylation sites is 1. The number of thioether (sulfide) groups is 1. The highest BCUT2D eigenvalue weighted by Crippen LogP contribution is 2.35. The molecule has 0 saturated carbocycles. The van der Waals surface area contributed by atoms with Crippen molar-refractivity contribution in [3.05, 3.63) is 83.1 Å². The molecule has 2 heterocycles. The van der Waals surface area contributed by atoms with Crippen molar-refractivity contribution in [1.29, 1.82) is 0 Å². The number of hydrogen-bond donors (Lipinski definition) is 0. The number of halogens is 1. The van der Waals surface area contributed by atoms with Crippen molar-refractivity contribution >= 4 is 56.0 Å². The Balaban J connectivity index is 1.79. The number of nitrogens with zero attached hydrogens (tertiary/aromatic N) is 3. The number of thiazole rings is 1. The van der Waals surface area contributed by atoms with Gasteiger partial charge in [0.25, 0.3) is 5.91 Å². The van der Waals surface area contributed by atoms with Crippen LogP contribution in [0.4, 0.5) is 5.13 Å². The average molecular weight is 426 g/mol. The standard InChI is InChI=1S/C21H16ClN3OS2/c1-27-17-8-3-9-18-19(17)24-21(28-18)25(13-14-5-4-10-23-12-14)20(26)15-6-2-7-16(22)11-15/h2-12H,13H2,1H3. The third-order valence-corrected chi connectivity index (χ3v) is 6.25. The van der Waals surface area contributed by atoms with Gasteiger partial charge in [-0.05, 0) is 48.2 Å². The minimum absolute atomic E-state index is 0.142. The number of rotatable bonds is 5. The fourth-order valence-corrected chi connectivity index (χ4v) is 4.68. The van der Waals surface area contributed by atoms with Crippen LogP contribution in [0.1, 0.15) is 15.9 Å². The molecule has 28 heavy (non-hydrogen) atoms. The van der Waals surface area contributed by atoms with Crippen LogP contribution in [-0.4, -0.2) is 22.1 Å². The van der Waals surface area contributed by atoms with Crippen molar-refractivity contribution in [3.8, 4) is 0 Å². The van der Waals surface area contributed by atoms with E-state index >= 15 is 0 Å². The lowest BCUT2D eigenvalue weighted by molar-refractivity contribution is 0.0985. The highest BCUT2D eigenvalue weighted by molar-refractivity contribution is 7.98. The maximum absolute atomic E-state index is 13.3. The van der Waals surface area contributed by atoms with E-state index in [0.717, 1.165) is 20.7 Å². The summed E-state index contributed by atoms with van der Waals surface area (Å²) in [4.78, 5) is 25.1. The van der Waals surface area contributed by atoms with Crippen LogP contribution >= 0.6 is 34.7 Å². The monoisotopic (exact) mass is 425 g/mol. The summed E-state index contributed by atoms with van der Waals surface area (Å²) in [6.45, 7) is 0.383. The van der Waals surface area contributed by atoms with Crippen LogP contribution in [0.25, 0.3) is 10.2 Å². The molecule has 0 spiro atoms. The Morgan fingerprint density at radius 3 is 2.79 bits per heavy atom. The zero-order valence-electron chi connectivity index (χ0n) is 15.0. The zero-order chi connectivity index (χ0) is 19.5. The van der Waals surface area contributed by atoms with E-state index in [1.807, 2.05) is 36.6 Å². The molecule has 0 atom stereocenters. The molecule has 0 saturated heterocycles. The van der Waals surface area contributed by atoms with Gasteiger partial charge in [0.1, 0.15) is 0 Å². The lowest BCUT2D eigenvalue weighted by Crippen LogP contribution is -2.30. The van der Waals surface area contributed by atoms with Crippen molar-refractivity contribution in [2.24, 2.45) is 0 Å². The predicted molar refractivity (Wildman–Crippen MR) is 118 cm³/mol. The van der Waals surface area contributed by atoms with E-state index in [9.17, 15) is 4.79 Å². The van der Waals surface area contributed by atoms with Gasteiger partial charge in [-0.3, -0.25) is 14.7 Å². The number of aromatic nitrogens is 2. The quantitative estimate of drug-likeness (QED) is 0.372. The fourth-order valence-electron chi connectivity index (χ4n) is 2.87. The van der Waals surface area contributed by atoms with Crippen LogP contribution < -0.4 is 4.90 Å². The molecular formula is C21H16ClN3OS2. The van der Waals surface area contributed by atoms with Crippen molar-refractivity contribution in [2.75, 3.05) is 11.2 Å². The van der Waals surface area contributed by atoms with E-state index in [-0.39, 0.29) is 5.91 Å². The summed E-state index contributed by atoms with van der Waals surface area (Å²) < 4.78 is 1.05. The molecule has 2 aromatic heterocycles. The number of carbonyl (C=O) groups excluding carboxylic acids is 1. The SMILES string of the molecule is CSc1cccc2sc(N(Cc3cccnc3)C(=O)c3cccc(Cl)c3)nc12. The van der Waals surface area contributed by atoms with Gasteiger partial charge in [0.2, 0.25) is 0 Å². The van der Waals surface area contributed by atoms with Crippen molar-refractivity contribution < 1.29 is 4.79 Å². The molecule has 7 heteroatoms. The largest absolute Gasteiger partial charge is 0.279 e. The Kier molecular flexibility index (Phi) is 5.62. The van der Waals surface area contributed by atoms with E-state index in [0.29, 0.717) is 22.3 Å². The first kappa shape index (κ1) is 18.9. The van der Waals surface area contributed by atoms with Crippen LogP contribution in [0.2, 0.25) is 5.02 Å². The summed E-state index contributed by atoms with van der Waals surface area (Å²) >= 11 is 9.26. The van der Waals surface area contributed by atoms with Gasteiger partial charge < -0.3 is 0 Å². The molecule has 0 unspecified atom stereocenters. The van der Waals surface area contributed by atoms with Gasteiger partial charge in [-0.2, -0.15) is 0 Å². The lowest BCUT2D eigenvalue weighted by Gasteiger charge is -2.20. The number of fused-ring (bicyclic) bond motifs is 1. The molecule has 4 rings (SSSR count). The number of hydrogen-bond acceptors (Lipinski definition) is 5. The molecule has 0 aliphatic heterocycles. The van der Waals surface area contributed by atoms with Gasteiger partial charge in [0.05, 0.1) is 16.8 Å². The molecule has 140 valence electrons. The first-order chi connectivity index (χ1) is 13.7. The molecule has 0 aliphatic rings. The second-order valence-electron chi connectivity index (χ2n) is 6.07. The Morgan fingerprint density at radius 2 is 2.04 bits per heavy atom. The van der Waals surface area contributed by atoms with E-state index < -0.39 is 0 Å². The second-order valence-corrected chi connectivity index (χ2v) is 8.36. The van der Waals surface area contributed by atoms with Gasteiger partial charge >= 0.3 is 0 Å². The van der Waals surface area contributed by atoms with Crippen LogP contribution in [0.5, 0.6) is 0 Å². The fraction of sp³-hybridized carbons (Fsp3) is 0.0952. The molecule has 0 N–H and O–H groups in total. The summed E-state index contributed by atoms with van der Waals surface area (Å²) in [5.74, 6) is -0.142. The third-order valence-electron chi connectivity index (χ3n) is 4.20. The first-order valence-corrected chi connectivity index (χ1v) is 11.0. The minimum atomic E-state index is -0.142. The van der Waals surface area contributed by atoms with Crippen molar-refractivity contribution in [1.82, 2.24) is 9.97 Å². The Labute approximate surface area is 176 Å². The minimum Gasteiger partial charge on any atom is -0.279 e. The van der Waals surface area contributed by atoms with E-state index in [1.54, 1.807) is 53.3 Å². The zero-order valence-corrected chi connectivity index (χ0v) is 17.4. The number of amides is 1. The molecule has 4 nitrogen and oxygen atoms in total. The highest BCUT2D eigenvalue weighted by atomic mass is 35.5. The molecule has 2 aromatic carbocycles. The van der Waals surface area contributed by atoms with Crippen molar-refractivity contribution in [2.45, 2.75) is 11.4 Å². The number of pyridine rings is 1. The van der Waals surface area contributed by atoms with Gasteiger partial charge in [0, 0.05) is 27.9 Å². The van der Waals surface area contributed by atoms with Crippen LogP contribution in [-0.2, 0) is 6.54 Å². The molecule has 0 aliphatic carbocycles. The maximum atomic E-state index is 13.3. The molecule has 1 amide bonds. The van der Waals surface area contributed by atoms with Crippen molar-refractivity contribution in [3.63, 3.8) is 0 Å². The number of benzene rings is 2. The Hall–Kier alpha value is -2.41. The topological polar surface area (TPSA) is 46.1 Å². The molecule has 4 aromatic rings. The molecular weight excluding hydrogens is 410 g/mol. The van der Waals surface area contributed by atoms with Crippen LogP contribution in [0.15, 0.2) is 71.9 Å². The first-order valence-electron chi connectivity index (χ1n) is 8.55. The van der Waals surface area contributed by atoms with Crippen LogP contribution in [0.3, 0.4) is 0 Å². The van der Waals surface area contributed by atoms with E-state index in [1.165, 1.54) is 11.3 Å². The molecule has 0 fully saturated rings. The summed E-state index contributed by atoms with van der Waals surface area (Å²) in [5.41, 5.74) is 2.38. The third kappa shape index (κ3) is 3.90. The maximum Gasteiger partial charge on any atom is 0.260 e. The average Bonchev–Trinajstić information content (AvgIpc) is 3.16. The number of anilines is 1. The summed E-state index contributed by atoms with van der Waals surface area (Å²) in [7, 11) is 0. The van der Waals surface area contributed by atoms with Gasteiger partial charge in [0.15, 0.2) is 5.13 Å². The second kappa shape index (κ2) is 8.31.